The van der Waals surface area contributed by atoms with Crippen molar-refractivity contribution in [3.63, 3.8) is 0 Å². The summed E-state index contributed by atoms with van der Waals surface area (Å²) in [5.74, 6) is -1.08. The van der Waals surface area contributed by atoms with Crippen LogP contribution in [0.2, 0.25) is 0 Å². The number of hydrogen-bond acceptors (Lipinski definition) is 1. The van der Waals surface area contributed by atoms with Gasteiger partial charge in [0.25, 0.3) is 0 Å². The summed E-state index contributed by atoms with van der Waals surface area (Å²) in [6.45, 7) is 6.84. The van der Waals surface area contributed by atoms with Crippen LogP contribution in [-0.2, 0) is 0 Å². The van der Waals surface area contributed by atoms with Crippen LogP contribution in [0.3, 0.4) is 0 Å². The van der Waals surface area contributed by atoms with Gasteiger partial charge in [-0.3, -0.25) is 0 Å². The molecule has 1 nitrogen and oxygen atoms in total. The monoisotopic (exact) mass is 213 g/mol. The maximum Gasteiger partial charge on any atom is 0.149 e. The summed E-state index contributed by atoms with van der Waals surface area (Å²) in [5, 5.41) is 2.79. The predicted molar refractivity (Wildman–Crippen MR) is 58.9 cm³/mol. The van der Waals surface area contributed by atoms with Crippen LogP contribution < -0.4 is 5.32 Å². The van der Waals surface area contributed by atoms with Crippen molar-refractivity contribution in [3.05, 3.63) is 29.8 Å². The van der Waals surface area contributed by atoms with Gasteiger partial charge in [-0.05, 0) is 24.0 Å². The average Bonchev–Trinajstić information content (AvgIpc) is 2.08. The third kappa shape index (κ3) is 3.86. The van der Waals surface area contributed by atoms with E-state index in [9.17, 15) is 8.78 Å². The van der Waals surface area contributed by atoms with E-state index in [0.29, 0.717) is 6.54 Å². The molecule has 0 aliphatic heterocycles. The fourth-order valence-electron chi connectivity index (χ4n) is 1.23. The molecular formula is C12H17F2N. The Labute approximate surface area is 89.5 Å². The fourth-order valence-corrected chi connectivity index (χ4v) is 1.23. The second-order valence-corrected chi connectivity index (χ2v) is 4.83. The van der Waals surface area contributed by atoms with Gasteiger partial charge in [-0.2, -0.15) is 0 Å². The molecule has 0 aliphatic carbocycles. The van der Waals surface area contributed by atoms with E-state index in [0.717, 1.165) is 6.42 Å². The molecular weight excluding hydrogens is 196 g/mol. The SMILES string of the molecule is CC(C)(C)CCNc1c(F)cccc1F. The first kappa shape index (κ1) is 12.0. The van der Waals surface area contributed by atoms with Crippen molar-refractivity contribution in [2.45, 2.75) is 27.2 Å². The molecule has 0 heterocycles. The van der Waals surface area contributed by atoms with Crippen molar-refractivity contribution in [2.24, 2.45) is 5.41 Å². The summed E-state index contributed by atoms with van der Waals surface area (Å²) in [5.41, 5.74) is 0.135. The first-order valence-corrected chi connectivity index (χ1v) is 5.08. The van der Waals surface area contributed by atoms with Crippen LogP contribution >= 0.6 is 0 Å². The molecule has 0 saturated heterocycles. The Morgan fingerprint density at radius 3 is 2.13 bits per heavy atom. The first-order chi connectivity index (χ1) is 6.90. The molecule has 1 rings (SSSR count). The Kier molecular flexibility index (Phi) is 3.66. The van der Waals surface area contributed by atoms with Gasteiger partial charge in [-0.15, -0.1) is 0 Å². The number of hydrogen-bond donors (Lipinski definition) is 1. The highest BCUT2D eigenvalue weighted by Crippen LogP contribution is 2.21. The Bertz CT molecular complexity index is 309. The maximum atomic E-state index is 13.2. The molecule has 0 aromatic heterocycles. The smallest absolute Gasteiger partial charge is 0.149 e. The molecule has 15 heavy (non-hydrogen) atoms. The molecule has 0 spiro atoms. The summed E-state index contributed by atoms with van der Waals surface area (Å²) in [6.07, 6.45) is 0.862. The highest BCUT2D eigenvalue weighted by molar-refractivity contribution is 5.45. The van der Waals surface area contributed by atoms with E-state index in [1.54, 1.807) is 0 Å². The summed E-state index contributed by atoms with van der Waals surface area (Å²) >= 11 is 0. The van der Waals surface area contributed by atoms with Crippen LogP contribution in [0, 0.1) is 17.0 Å². The van der Waals surface area contributed by atoms with Crippen molar-refractivity contribution in [2.75, 3.05) is 11.9 Å². The topological polar surface area (TPSA) is 12.0 Å². The van der Waals surface area contributed by atoms with Gasteiger partial charge < -0.3 is 5.32 Å². The Morgan fingerprint density at radius 2 is 1.67 bits per heavy atom. The van der Waals surface area contributed by atoms with Gasteiger partial charge in [0.05, 0.1) is 0 Å². The van der Waals surface area contributed by atoms with E-state index in [1.807, 2.05) is 0 Å². The summed E-state index contributed by atoms with van der Waals surface area (Å²) in [4.78, 5) is 0. The van der Waals surface area contributed by atoms with Gasteiger partial charge in [-0.1, -0.05) is 26.8 Å². The van der Waals surface area contributed by atoms with Gasteiger partial charge in [-0.25, -0.2) is 8.78 Å². The van der Waals surface area contributed by atoms with Gasteiger partial charge >= 0.3 is 0 Å². The van der Waals surface area contributed by atoms with Crippen molar-refractivity contribution in [3.8, 4) is 0 Å². The number of anilines is 1. The van der Waals surface area contributed by atoms with E-state index >= 15 is 0 Å². The normalized spacial score (nSPS) is 11.5. The second-order valence-electron chi connectivity index (χ2n) is 4.83. The van der Waals surface area contributed by atoms with E-state index in [-0.39, 0.29) is 11.1 Å². The lowest BCUT2D eigenvalue weighted by molar-refractivity contribution is 0.389. The maximum absolute atomic E-state index is 13.2. The molecule has 0 amide bonds. The van der Waals surface area contributed by atoms with Gasteiger partial charge in [0.15, 0.2) is 0 Å². The Balaban J connectivity index is 2.58. The zero-order valence-electron chi connectivity index (χ0n) is 9.40. The van der Waals surface area contributed by atoms with Crippen LogP contribution in [0.25, 0.3) is 0 Å². The summed E-state index contributed by atoms with van der Waals surface area (Å²) in [7, 11) is 0. The number of halogens is 2. The molecule has 1 aromatic rings. The van der Waals surface area contributed by atoms with Gasteiger partial charge in [0.2, 0.25) is 0 Å². The third-order valence-electron chi connectivity index (χ3n) is 2.14. The number of para-hydroxylation sites is 1. The van der Waals surface area contributed by atoms with Crippen molar-refractivity contribution in [1.29, 1.82) is 0 Å². The van der Waals surface area contributed by atoms with E-state index < -0.39 is 11.6 Å². The largest absolute Gasteiger partial charge is 0.380 e. The predicted octanol–water partition coefficient (Wildman–Crippen LogP) is 3.81. The van der Waals surface area contributed by atoms with Crippen LogP contribution in [-0.4, -0.2) is 6.54 Å². The molecule has 0 bridgehead atoms. The molecule has 0 saturated carbocycles. The lowest BCUT2D eigenvalue weighted by Gasteiger charge is -2.18. The lowest BCUT2D eigenvalue weighted by Crippen LogP contribution is -2.14. The minimum atomic E-state index is -0.538. The molecule has 1 N–H and O–H groups in total. The van der Waals surface area contributed by atoms with Crippen LogP contribution in [0.1, 0.15) is 27.2 Å². The molecule has 0 unspecified atom stereocenters. The molecule has 0 atom stereocenters. The fraction of sp³-hybridized carbons (Fsp3) is 0.500. The van der Waals surface area contributed by atoms with Crippen molar-refractivity contribution in [1.82, 2.24) is 0 Å². The Hall–Kier alpha value is -1.12. The standard InChI is InChI=1S/C12H17F2N/c1-12(2,3)7-8-15-11-9(13)5-4-6-10(11)14/h4-6,15H,7-8H2,1-3H3. The zero-order chi connectivity index (χ0) is 11.5. The van der Waals surface area contributed by atoms with Crippen LogP contribution in [0.15, 0.2) is 18.2 Å². The molecule has 84 valence electrons. The van der Waals surface area contributed by atoms with Crippen LogP contribution in [0.5, 0.6) is 0 Å². The second kappa shape index (κ2) is 4.60. The van der Waals surface area contributed by atoms with Gasteiger partial charge in [0.1, 0.15) is 17.3 Å². The number of nitrogens with one attached hydrogen (secondary N) is 1. The van der Waals surface area contributed by atoms with Crippen molar-refractivity contribution >= 4 is 5.69 Å². The summed E-state index contributed by atoms with van der Waals surface area (Å²) < 4.78 is 26.3. The zero-order valence-corrected chi connectivity index (χ0v) is 9.40. The lowest BCUT2D eigenvalue weighted by atomic mass is 9.92. The molecule has 3 heteroatoms. The first-order valence-electron chi connectivity index (χ1n) is 5.08. The molecule has 0 fully saturated rings. The molecule has 0 aliphatic rings. The highest BCUT2D eigenvalue weighted by Gasteiger charge is 2.11. The third-order valence-corrected chi connectivity index (χ3v) is 2.14. The molecule has 1 aromatic carbocycles. The quantitative estimate of drug-likeness (QED) is 0.805. The number of rotatable bonds is 3. The summed E-state index contributed by atoms with van der Waals surface area (Å²) in [6, 6.07) is 3.87. The minimum Gasteiger partial charge on any atom is -0.380 e. The van der Waals surface area contributed by atoms with E-state index in [2.05, 4.69) is 26.1 Å². The van der Waals surface area contributed by atoms with Crippen molar-refractivity contribution < 1.29 is 8.78 Å². The average molecular weight is 213 g/mol. The number of benzene rings is 1. The minimum absolute atomic E-state index is 0.0262. The van der Waals surface area contributed by atoms with Crippen LogP contribution in [0.4, 0.5) is 14.5 Å². The van der Waals surface area contributed by atoms with E-state index in [1.165, 1.54) is 18.2 Å². The molecule has 0 radical (unpaired) electrons. The van der Waals surface area contributed by atoms with E-state index in [4.69, 9.17) is 0 Å². The van der Waals surface area contributed by atoms with Gasteiger partial charge in [0, 0.05) is 6.54 Å². The Morgan fingerprint density at radius 1 is 1.13 bits per heavy atom. The highest BCUT2D eigenvalue weighted by atomic mass is 19.1.